The zero-order chi connectivity index (χ0) is 8.55. The van der Waals surface area contributed by atoms with E-state index in [0.29, 0.717) is 11.9 Å². The molecule has 0 unspecified atom stereocenters. The molecule has 0 aliphatic heterocycles. The van der Waals surface area contributed by atoms with E-state index in [1.54, 1.807) is 6.07 Å². The number of hydrogen-bond acceptors (Lipinski definition) is 3. The van der Waals surface area contributed by atoms with Gasteiger partial charge in [0.15, 0.2) is 6.29 Å². The first kappa shape index (κ1) is 6.91. The molecule has 0 atom stereocenters. The Bertz CT molecular complexity index is 428. The Morgan fingerprint density at radius 1 is 1.42 bits per heavy atom. The topological polar surface area (TPSA) is 50.4 Å². The lowest BCUT2D eigenvalue weighted by atomic mass is 10.1. The van der Waals surface area contributed by atoms with Crippen molar-refractivity contribution in [3.63, 3.8) is 0 Å². The van der Waals surface area contributed by atoms with Crippen LogP contribution >= 0.6 is 0 Å². The van der Waals surface area contributed by atoms with E-state index in [-0.39, 0.29) is 11.3 Å². The van der Waals surface area contributed by atoms with Gasteiger partial charge in [-0.15, -0.1) is 0 Å². The van der Waals surface area contributed by atoms with Crippen LogP contribution in [-0.4, -0.2) is 11.4 Å². The summed E-state index contributed by atoms with van der Waals surface area (Å²) in [5.74, 6) is -0.0149. The SMILES string of the molecule is O=Cc1cc2occc2cc1O. The monoisotopic (exact) mass is 162 g/mol. The van der Waals surface area contributed by atoms with Crippen molar-refractivity contribution in [2.75, 3.05) is 0 Å². The van der Waals surface area contributed by atoms with Crippen LogP contribution in [0, 0.1) is 0 Å². The number of carbonyl (C=O) groups is 1. The first-order valence-electron chi connectivity index (χ1n) is 3.46. The number of furan rings is 1. The lowest BCUT2D eigenvalue weighted by Crippen LogP contribution is -1.79. The highest BCUT2D eigenvalue weighted by molar-refractivity contribution is 5.89. The van der Waals surface area contributed by atoms with E-state index in [0.717, 1.165) is 5.39 Å². The molecule has 0 radical (unpaired) electrons. The lowest BCUT2D eigenvalue weighted by molar-refractivity contribution is 0.112. The first-order chi connectivity index (χ1) is 5.81. The van der Waals surface area contributed by atoms with Gasteiger partial charge in [0.25, 0.3) is 0 Å². The molecule has 0 amide bonds. The molecular formula is C9H6O3. The largest absolute Gasteiger partial charge is 0.507 e. The van der Waals surface area contributed by atoms with Crippen LogP contribution in [-0.2, 0) is 0 Å². The smallest absolute Gasteiger partial charge is 0.153 e. The van der Waals surface area contributed by atoms with Gasteiger partial charge in [-0.2, -0.15) is 0 Å². The maximum absolute atomic E-state index is 10.4. The van der Waals surface area contributed by atoms with Crippen LogP contribution in [0.2, 0.25) is 0 Å². The van der Waals surface area contributed by atoms with Gasteiger partial charge in [-0.05, 0) is 18.2 Å². The second kappa shape index (κ2) is 2.37. The fourth-order valence-electron chi connectivity index (χ4n) is 1.11. The standard InChI is InChI=1S/C9H6O3/c10-5-7-4-9-6(1-2-12-9)3-8(7)11/h1-5,11H. The third-order valence-electron chi connectivity index (χ3n) is 1.73. The molecule has 0 aliphatic carbocycles. The zero-order valence-corrected chi connectivity index (χ0v) is 6.15. The molecule has 3 nitrogen and oxygen atoms in total. The molecule has 60 valence electrons. The fraction of sp³-hybridized carbons (Fsp3) is 0. The van der Waals surface area contributed by atoms with E-state index in [9.17, 15) is 9.90 Å². The third kappa shape index (κ3) is 0.871. The molecule has 3 heteroatoms. The van der Waals surface area contributed by atoms with E-state index in [1.165, 1.54) is 18.4 Å². The molecule has 0 aliphatic rings. The van der Waals surface area contributed by atoms with Crippen LogP contribution in [0.4, 0.5) is 0 Å². The molecule has 0 saturated carbocycles. The van der Waals surface area contributed by atoms with Gasteiger partial charge in [-0.3, -0.25) is 4.79 Å². The minimum Gasteiger partial charge on any atom is -0.507 e. The van der Waals surface area contributed by atoms with Crippen molar-refractivity contribution < 1.29 is 14.3 Å². The van der Waals surface area contributed by atoms with Crippen LogP contribution in [0.5, 0.6) is 5.75 Å². The van der Waals surface area contributed by atoms with Crippen LogP contribution in [0.25, 0.3) is 11.0 Å². The van der Waals surface area contributed by atoms with Gasteiger partial charge in [0.2, 0.25) is 0 Å². The minimum atomic E-state index is -0.0149. The molecule has 2 aromatic rings. The Morgan fingerprint density at radius 2 is 2.25 bits per heavy atom. The number of rotatable bonds is 1. The number of benzene rings is 1. The number of aromatic hydroxyl groups is 1. The Morgan fingerprint density at radius 3 is 3.00 bits per heavy atom. The summed E-state index contributed by atoms with van der Waals surface area (Å²) in [6.45, 7) is 0. The average Bonchev–Trinajstić information content (AvgIpc) is 2.49. The first-order valence-corrected chi connectivity index (χ1v) is 3.46. The van der Waals surface area contributed by atoms with Gasteiger partial charge in [0.05, 0.1) is 11.8 Å². The molecular weight excluding hydrogens is 156 g/mol. The molecule has 0 saturated heterocycles. The highest BCUT2D eigenvalue weighted by Crippen LogP contribution is 2.24. The molecule has 0 spiro atoms. The average molecular weight is 162 g/mol. The van der Waals surface area contributed by atoms with Crippen molar-refractivity contribution in [3.8, 4) is 5.75 Å². The van der Waals surface area contributed by atoms with Crippen LogP contribution in [0.15, 0.2) is 28.9 Å². The molecule has 1 aromatic heterocycles. The van der Waals surface area contributed by atoms with Crippen molar-refractivity contribution in [1.29, 1.82) is 0 Å². The van der Waals surface area contributed by atoms with Crippen molar-refractivity contribution in [2.45, 2.75) is 0 Å². The molecule has 2 rings (SSSR count). The Hall–Kier alpha value is -1.77. The van der Waals surface area contributed by atoms with E-state index >= 15 is 0 Å². The van der Waals surface area contributed by atoms with Gasteiger partial charge in [0, 0.05) is 5.39 Å². The van der Waals surface area contributed by atoms with E-state index in [4.69, 9.17) is 4.42 Å². The molecule has 1 N–H and O–H groups in total. The molecule has 1 heterocycles. The summed E-state index contributed by atoms with van der Waals surface area (Å²) in [7, 11) is 0. The van der Waals surface area contributed by atoms with Crippen LogP contribution in [0.1, 0.15) is 10.4 Å². The number of phenolic OH excluding ortho intramolecular Hbond substituents is 1. The second-order valence-corrected chi connectivity index (χ2v) is 2.49. The number of hydrogen-bond donors (Lipinski definition) is 1. The molecule has 0 fully saturated rings. The lowest BCUT2D eigenvalue weighted by Gasteiger charge is -1.95. The molecule has 0 bridgehead atoms. The Kier molecular flexibility index (Phi) is 1.37. The second-order valence-electron chi connectivity index (χ2n) is 2.49. The number of carbonyl (C=O) groups excluding carboxylic acids is 1. The van der Waals surface area contributed by atoms with Crippen molar-refractivity contribution in [1.82, 2.24) is 0 Å². The van der Waals surface area contributed by atoms with E-state index in [2.05, 4.69) is 0 Å². The summed E-state index contributed by atoms with van der Waals surface area (Å²) in [5.41, 5.74) is 0.854. The summed E-state index contributed by atoms with van der Waals surface area (Å²) in [6, 6.07) is 4.74. The summed E-state index contributed by atoms with van der Waals surface area (Å²) in [5, 5.41) is 10.0. The maximum Gasteiger partial charge on any atom is 0.153 e. The van der Waals surface area contributed by atoms with Crippen molar-refractivity contribution in [3.05, 3.63) is 30.0 Å². The summed E-state index contributed by atoms with van der Waals surface area (Å²) < 4.78 is 5.05. The number of fused-ring (bicyclic) bond motifs is 1. The van der Waals surface area contributed by atoms with Crippen molar-refractivity contribution >= 4 is 17.3 Å². The quantitative estimate of drug-likeness (QED) is 0.652. The van der Waals surface area contributed by atoms with E-state index in [1.807, 2.05) is 0 Å². The highest BCUT2D eigenvalue weighted by Gasteiger charge is 2.03. The van der Waals surface area contributed by atoms with Crippen LogP contribution < -0.4 is 0 Å². The van der Waals surface area contributed by atoms with Crippen LogP contribution in [0.3, 0.4) is 0 Å². The predicted octanol–water partition coefficient (Wildman–Crippen LogP) is 1.95. The summed E-state index contributed by atoms with van der Waals surface area (Å²) in [6.07, 6.45) is 2.11. The van der Waals surface area contributed by atoms with Gasteiger partial charge < -0.3 is 9.52 Å². The predicted molar refractivity (Wildman–Crippen MR) is 43.3 cm³/mol. The molecule has 12 heavy (non-hydrogen) atoms. The van der Waals surface area contributed by atoms with Gasteiger partial charge in [0.1, 0.15) is 11.3 Å². The van der Waals surface area contributed by atoms with Gasteiger partial charge in [-0.1, -0.05) is 0 Å². The van der Waals surface area contributed by atoms with Gasteiger partial charge >= 0.3 is 0 Å². The highest BCUT2D eigenvalue weighted by atomic mass is 16.3. The Labute approximate surface area is 68.2 Å². The molecule has 1 aromatic carbocycles. The van der Waals surface area contributed by atoms with E-state index < -0.39 is 0 Å². The fourth-order valence-corrected chi connectivity index (χ4v) is 1.11. The normalized spacial score (nSPS) is 10.3. The number of phenols is 1. The summed E-state index contributed by atoms with van der Waals surface area (Å²) >= 11 is 0. The Balaban J connectivity index is 2.81. The summed E-state index contributed by atoms with van der Waals surface area (Å²) in [4.78, 5) is 10.4. The number of aldehydes is 1. The van der Waals surface area contributed by atoms with Crippen molar-refractivity contribution in [2.24, 2.45) is 0 Å². The zero-order valence-electron chi connectivity index (χ0n) is 6.15. The van der Waals surface area contributed by atoms with Gasteiger partial charge in [-0.25, -0.2) is 0 Å². The third-order valence-corrected chi connectivity index (χ3v) is 1.73. The minimum absolute atomic E-state index is 0.0149. The maximum atomic E-state index is 10.4.